The van der Waals surface area contributed by atoms with Crippen LogP contribution < -0.4 is 16.0 Å². The first-order chi connectivity index (χ1) is 11.4. The molecule has 1 aromatic carbocycles. The number of hydrogen-bond acceptors (Lipinski definition) is 4. The molecule has 24 heavy (non-hydrogen) atoms. The van der Waals surface area contributed by atoms with Crippen molar-refractivity contribution in [3.05, 3.63) is 47.4 Å². The summed E-state index contributed by atoms with van der Waals surface area (Å²) in [4.78, 5) is 23.3. The van der Waals surface area contributed by atoms with Gasteiger partial charge in [0, 0.05) is 16.9 Å². The van der Waals surface area contributed by atoms with Crippen LogP contribution in [-0.4, -0.2) is 19.2 Å². The van der Waals surface area contributed by atoms with E-state index in [0.717, 1.165) is 17.1 Å². The van der Waals surface area contributed by atoms with E-state index >= 15 is 0 Å². The number of anilines is 2. The van der Waals surface area contributed by atoms with Gasteiger partial charge in [0.1, 0.15) is 11.5 Å². The molecule has 0 spiro atoms. The highest BCUT2D eigenvalue weighted by Crippen LogP contribution is 2.21. The van der Waals surface area contributed by atoms with Crippen LogP contribution >= 0.6 is 0 Å². The van der Waals surface area contributed by atoms with Crippen molar-refractivity contribution in [1.82, 2.24) is 5.32 Å². The zero-order chi connectivity index (χ0) is 17.7. The van der Waals surface area contributed by atoms with Crippen LogP contribution in [0, 0.1) is 13.8 Å². The van der Waals surface area contributed by atoms with E-state index < -0.39 is 6.09 Å². The van der Waals surface area contributed by atoms with E-state index in [9.17, 15) is 9.59 Å². The van der Waals surface area contributed by atoms with Gasteiger partial charge in [-0.3, -0.25) is 5.32 Å². The topological polar surface area (TPSA) is 92.6 Å². The highest BCUT2D eigenvalue weighted by molar-refractivity contribution is 5.91. The van der Waals surface area contributed by atoms with E-state index in [4.69, 9.17) is 4.42 Å². The number of amides is 3. The first kappa shape index (κ1) is 17.4. The molecule has 2 rings (SSSR count). The van der Waals surface area contributed by atoms with Crippen LogP contribution in [0.15, 0.2) is 34.7 Å². The molecule has 3 amide bonds. The zero-order valence-corrected chi connectivity index (χ0v) is 14.1. The van der Waals surface area contributed by atoms with Crippen molar-refractivity contribution in [2.24, 2.45) is 0 Å². The summed E-state index contributed by atoms with van der Waals surface area (Å²) < 4.78 is 10.0. The van der Waals surface area contributed by atoms with Crippen molar-refractivity contribution in [3.63, 3.8) is 0 Å². The van der Waals surface area contributed by atoms with E-state index in [-0.39, 0.29) is 12.1 Å². The summed E-state index contributed by atoms with van der Waals surface area (Å²) >= 11 is 0. The fraction of sp³-hybridized carbons (Fsp3) is 0.294. The molecule has 1 heterocycles. The van der Waals surface area contributed by atoms with Gasteiger partial charge < -0.3 is 19.8 Å². The Hall–Kier alpha value is -2.96. The Morgan fingerprint density at radius 2 is 1.79 bits per heavy atom. The molecule has 3 N–H and O–H groups in total. The summed E-state index contributed by atoms with van der Waals surface area (Å²) in [5, 5.41) is 8.11. The largest absolute Gasteiger partial charge is 0.466 e. The molecule has 0 unspecified atom stereocenters. The van der Waals surface area contributed by atoms with E-state index in [1.54, 1.807) is 24.3 Å². The van der Waals surface area contributed by atoms with Crippen molar-refractivity contribution in [3.8, 4) is 0 Å². The fourth-order valence-electron chi connectivity index (χ4n) is 2.37. The third-order valence-corrected chi connectivity index (χ3v) is 3.45. The maximum absolute atomic E-state index is 12.1. The molecular weight excluding hydrogens is 310 g/mol. The predicted octanol–water partition coefficient (Wildman–Crippen LogP) is 3.96. The third-order valence-electron chi connectivity index (χ3n) is 3.45. The fourth-order valence-corrected chi connectivity index (χ4v) is 2.37. The summed E-state index contributed by atoms with van der Waals surface area (Å²) in [5.74, 6) is 1.59. The van der Waals surface area contributed by atoms with Gasteiger partial charge in [0.15, 0.2) is 0 Å². The van der Waals surface area contributed by atoms with Crippen molar-refractivity contribution < 1.29 is 18.7 Å². The van der Waals surface area contributed by atoms with Gasteiger partial charge in [-0.25, -0.2) is 9.59 Å². The lowest BCUT2D eigenvalue weighted by Gasteiger charge is -2.14. The van der Waals surface area contributed by atoms with Crippen LogP contribution in [0.2, 0.25) is 0 Å². The standard InChI is InChI=1S/C17H21N3O4/c1-10-8-15(12(3)24-10)11(2)18-16(21)19-13-6-5-7-14(9-13)20-17(22)23-4/h5-9,11H,1-4H3,(H,20,22)(H2,18,19,21)/t11-/m1/s1. The van der Waals surface area contributed by atoms with E-state index in [2.05, 4.69) is 20.7 Å². The van der Waals surface area contributed by atoms with Gasteiger partial charge in [-0.2, -0.15) is 0 Å². The molecule has 2 aromatic rings. The Labute approximate surface area is 140 Å². The number of carbonyl (C=O) groups is 2. The van der Waals surface area contributed by atoms with Crippen LogP contribution in [0.3, 0.4) is 0 Å². The average Bonchev–Trinajstić information content (AvgIpc) is 2.86. The van der Waals surface area contributed by atoms with Crippen molar-refractivity contribution >= 4 is 23.5 Å². The molecule has 1 atom stereocenters. The second-order valence-corrected chi connectivity index (χ2v) is 5.39. The Bertz CT molecular complexity index is 739. The Morgan fingerprint density at radius 3 is 2.38 bits per heavy atom. The normalized spacial score (nSPS) is 11.5. The maximum atomic E-state index is 12.1. The molecule has 0 aliphatic heterocycles. The highest BCUT2D eigenvalue weighted by atomic mass is 16.5. The van der Waals surface area contributed by atoms with Crippen LogP contribution in [0.4, 0.5) is 21.0 Å². The molecule has 0 aliphatic carbocycles. The Kier molecular flexibility index (Phi) is 5.47. The molecule has 0 radical (unpaired) electrons. The lowest BCUT2D eigenvalue weighted by atomic mass is 10.1. The number of ether oxygens (including phenoxy) is 1. The number of methoxy groups -OCH3 is 1. The van der Waals surface area contributed by atoms with Crippen molar-refractivity contribution in [1.29, 1.82) is 0 Å². The first-order valence-corrected chi connectivity index (χ1v) is 7.48. The molecule has 7 heteroatoms. The Balaban J connectivity index is 1.98. The number of rotatable bonds is 4. The second kappa shape index (κ2) is 7.54. The molecule has 7 nitrogen and oxygen atoms in total. The molecule has 1 aromatic heterocycles. The minimum absolute atomic E-state index is 0.196. The lowest BCUT2D eigenvalue weighted by molar-refractivity contribution is 0.187. The summed E-state index contributed by atoms with van der Waals surface area (Å²) in [6, 6.07) is 8.12. The number of hydrogen-bond donors (Lipinski definition) is 3. The van der Waals surface area contributed by atoms with Gasteiger partial charge in [-0.05, 0) is 45.0 Å². The van der Waals surface area contributed by atoms with E-state index in [0.29, 0.717) is 11.4 Å². The molecule has 0 bridgehead atoms. The summed E-state index contributed by atoms with van der Waals surface area (Å²) in [6.45, 7) is 5.61. The van der Waals surface area contributed by atoms with Gasteiger partial charge in [-0.15, -0.1) is 0 Å². The minimum Gasteiger partial charge on any atom is -0.466 e. The molecule has 0 saturated heterocycles. The van der Waals surface area contributed by atoms with Crippen molar-refractivity contribution in [2.45, 2.75) is 26.8 Å². The molecule has 0 fully saturated rings. The van der Waals surface area contributed by atoms with Crippen LogP contribution in [0.1, 0.15) is 30.0 Å². The lowest BCUT2D eigenvalue weighted by Crippen LogP contribution is -2.31. The number of carbonyl (C=O) groups excluding carboxylic acids is 2. The quantitative estimate of drug-likeness (QED) is 0.790. The van der Waals surface area contributed by atoms with Gasteiger partial charge in [-0.1, -0.05) is 6.07 Å². The monoisotopic (exact) mass is 331 g/mol. The van der Waals surface area contributed by atoms with Crippen LogP contribution in [-0.2, 0) is 4.74 Å². The van der Waals surface area contributed by atoms with Crippen LogP contribution in [0.5, 0.6) is 0 Å². The van der Waals surface area contributed by atoms with E-state index in [1.807, 2.05) is 26.8 Å². The summed E-state index contributed by atoms with van der Waals surface area (Å²) in [6.07, 6.45) is -0.573. The number of nitrogens with one attached hydrogen (secondary N) is 3. The first-order valence-electron chi connectivity index (χ1n) is 7.48. The summed E-state index contributed by atoms with van der Waals surface area (Å²) in [5.41, 5.74) is 2.01. The number of furan rings is 1. The van der Waals surface area contributed by atoms with Crippen LogP contribution in [0.25, 0.3) is 0 Å². The highest BCUT2D eigenvalue weighted by Gasteiger charge is 2.15. The average molecular weight is 331 g/mol. The van der Waals surface area contributed by atoms with Crippen molar-refractivity contribution in [2.75, 3.05) is 17.7 Å². The molecule has 128 valence electrons. The maximum Gasteiger partial charge on any atom is 0.411 e. The molecular formula is C17H21N3O4. The van der Waals surface area contributed by atoms with E-state index in [1.165, 1.54) is 7.11 Å². The SMILES string of the molecule is COC(=O)Nc1cccc(NC(=O)N[C@H](C)c2cc(C)oc2C)c1. The number of aryl methyl sites for hydroxylation is 2. The number of benzene rings is 1. The smallest absolute Gasteiger partial charge is 0.411 e. The molecule has 0 aliphatic rings. The second-order valence-electron chi connectivity index (χ2n) is 5.39. The number of urea groups is 1. The third kappa shape index (κ3) is 4.52. The Morgan fingerprint density at radius 1 is 1.12 bits per heavy atom. The molecule has 0 saturated carbocycles. The zero-order valence-electron chi connectivity index (χ0n) is 14.1. The summed E-state index contributed by atoms with van der Waals surface area (Å²) in [7, 11) is 1.28. The van der Waals surface area contributed by atoms with Gasteiger partial charge >= 0.3 is 12.1 Å². The van der Waals surface area contributed by atoms with Gasteiger partial charge in [0.2, 0.25) is 0 Å². The van der Waals surface area contributed by atoms with Gasteiger partial charge in [0.25, 0.3) is 0 Å². The van der Waals surface area contributed by atoms with Gasteiger partial charge in [0.05, 0.1) is 13.2 Å². The predicted molar refractivity (Wildman–Crippen MR) is 91.2 cm³/mol. The minimum atomic E-state index is -0.573.